The van der Waals surface area contributed by atoms with Gasteiger partial charge in [0.1, 0.15) is 11.6 Å². The summed E-state index contributed by atoms with van der Waals surface area (Å²) in [5.41, 5.74) is 3.84. The zero-order valence-electron chi connectivity index (χ0n) is 15.8. The monoisotopic (exact) mass is 377 g/mol. The quantitative estimate of drug-likeness (QED) is 0.601. The fraction of sp³-hybridized carbons (Fsp3) is 0.273. The number of hydrogen-bond donors (Lipinski definition) is 0. The van der Waals surface area contributed by atoms with E-state index < -0.39 is 5.82 Å². The summed E-state index contributed by atoms with van der Waals surface area (Å²) < 4.78 is 19.5. The number of ether oxygens (including phenoxy) is 1. The minimum absolute atomic E-state index is 0.0447. The van der Waals surface area contributed by atoms with Crippen LogP contribution in [-0.2, 0) is 6.42 Å². The molecule has 0 radical (unpaired) electrons. The molecule has 1 saturated carbocycles. The predicted octanol–water partition coefficient (Wildman–Crippen LogP) is 4.26. The molecule has 0 spiro atoms. The van der Waals surface area contributed by atoms with Crippen LogP contribution in [0.5, 0.6) is 5.75 Å². The third-order valence-corrected chi connectivity index (χ3v) is 4.81. The van der Waals surface area contributed by atoms with Gasteiger partial charge in [0.2, 0.25) is 0 Å². The Hall–Kier alpha value is -3.15. The summed E-state index contributed by atoms with van der Waals surface area (Å²) in [6.07, 6.45) is 8.31. The first-order chi connectivity index (χ1) is 13.5. The van der Waals surface area contributed by atoms with Crippen LogP contribution in [0.4, 0.5) is 4.39 Å². The topological polar surface area (TPSA) is 65.0 Å². The molecule has 0 saturated heterocycles. The van der Waals surface area contributed by atoms with Gasteiger partial charge in [0, 0.05) is 23.5 Å². The van der Waals surface area contributed by atoms with Crippen molar-refractivity contribution in [3.05, 3.63) is 71.2 Å². The normalized spacial score (nSPS) is 13.4. The van der Waals surface area contributed by atoms with E-state index in [1.54, 1.807) is 19.3 Å². The number of carbonyl (C=O) groups is 1. The molecule has 2 aromatic heterocycles. The predicted molar refractivity (Wildman–Crippen MR) is 103 cm³/mol. The van der Waals surface area contributed by atoms with Crippen LogP contribution in [0.2, 0.25) is 0 Å². The Bertz CT molecular complexity index is 1030. The van der Waals surface area contributed by atoms with Crippen molar-refractivity contribution >= 4 is 5.78 Å². The number of nitrogens with zero attached hydrogens (tertiary/aromatic N) is 3. The van der Waals surface area contributed by atoms with Gasteiger partial charge in [0.25, 0.3) is 0 Å². The van der Waals surface area contributed by atoms with Gasteiger partial charge in [-0.05, 0) is 49.9 Å². The molecule has 28 heavy (non-hydrogen) atoms. The zero-order valence-corrected chi connectivity index (χ0v) is 15.8. The first kappa shape index (κ1) is 18.2. The minimum Gasteiger partial charge on any atom is -0.490 e. The van der Waals surface area contributed by atoms with Crippen molar-refractivity contribution in [3.8, 4) is 17.0 Å². The summed E-state index contributed by atoms with van der Waals surface area (Å²) in [6.45, 7) is 3.58. The number of hydrogen-bond acceptors (Lipinski definition) is 5. The summed E-state index contributed by atoms with van der Waals surface area (Å²) in [5, 5.41) is 0. The van der Waals surface area contributed by atoms with Crippen molar-refractivity contribution in [1.29, 1.82) is 0 Å². The number of aromatic nitrogens is 3. The molecule has 6 heteroatoms. The van der Waals surface area contributed by atoms with Crippen LogP contribution >= 0.6 is 0 Å². The van der Waals surface area contributed by atoms with Crippen LogP contribution in [0.3, 0.4) is 0 Å². The molecule has 2 heterocycles. The second kappa shape index (κ2) is 7.46. The van der Waals surface area contributed by atoms with Gasteiger partial charge in [-0.3, -0.25) is 19.7 Å². The van der Waals surface area contributed by atoms with E-state index in [4.69, 9.17) is 4.74 Å². The lowest BCUT2D eigenvalue weighted by molar-refractivity contribution is 0.0990. The standard InChI is InChI=1S/C22H20FN3O2/c1-13-3-4-17(28-16-5-6-16)8-18(13)21-12-25-15(9-26-21)7-22(27)19-10-24-11-20(23)14(19)2/h3-4,8-12,16H,5-7H2,1-2H3. The molecule has 0 bridgehead atoms. The van der Waals surface area contributed by atoms with E-state index in [9.17, 15) is 9.18 Å². The summed E-state index contributed by atoms with van der Waals surface area (Å²) in [7, 11) is 0. The maximum atomic E-state index is 13.6. The van der Waals surface area contributed by atoms with E-state index in [-0.39, 0.29) is 17.8 Å². The number of ketones is 1. The van der Waals surface area contributed by atoms with E-state index >= 15 is 0 Å². The highest BCUT2D eigenvalue weighted by Gasteiger charge is 2.23. The molecule has 5 nitrogen and oxygen atoms in total. The third kappa shape index (κ3) is 3.91. The molecule has 0 amide bonds. The van der Waals surface area contributed by atoms with Crippen LogP contribution in [0, 0.1) is 19.7 Å². The average molecular weight is 377 g/mol. The van der Waals surface area contributed by atoms with Gasteiger partial charge in [-0.2, -0.15) is 0 Å². The molecule has 0 aliphatic heterocycles. The van der Waals surface area contributed by atoms with Crippen molar-refractivity contribution in [2.75, 3.05) is 0 Å². The first-order valence-corrected chi connectivity index (χ1v) is 9.23. The van der Waals surface area contributed by atoms with Gasteiger partial charge in [0.15, 0.2) is 5.78 Å². The molecule has 1 fully saturated rings. The number of Topliss-reactive ketones (excluding diaryl/α,β-unsaturated/α-hetero) is 1. The summed E-state index contributed by atoms with van der Waals surface area (Å²) in [6, 6.07) is 5.95. The smallest absolute Gasteiger partial charge is 0.170 e. The zero-order chi connectivity index (χ0) is 19.7. The Morgan fingerprint density at radius 1 is 1.14 bits per heavy atom. The highest BCUT2D eigenvalue weighted by atomic mass is 19.1. The van der Waals surface area contributed by atoms with E-state index in [0.29, 0.717) is 17.4 Å². The first-order valence-electron chi connectivity index (χ1n) is 9.23. The Morgan fingerprint density at radius 3 is 2.68 bits per heavy atom. The van der Waals surface area contributed by atoms with Gasteiger partial charge in [0.05, 0.1) is 36.3 Å². The van der Waals surface area contributed by atoms with E-state index in [1.807, 2.05) is 25.1 Å². The van der Waals surface area contributed by atoms with Crippen LogP contribution in [-0.4, -0.2) is 26.8 Å². The number of pyridine rings is 1. The SMILES string of the molecule is Cc1ccc(OC2CC2)cc1-c1cnc(CC(=O)c2cncc(F)c2C)cn1. The van der Waals surface area contributed by atoms with Crippen molar-refractivity contribution in [2.45, 2.75) is 39.2 Å². The fourth-order valence-electron chi connectivity index (χ4n) is 2.95. The van der Waals surface area contributed by atoms with Gasteiger partial charge in [-0.1, -0.05) is 6.07 Å². The molecule has 4 rings (SSSR count). The largest absolute Gasteiger partial charge is 0.490 e. The molecule has 1 aliphatic rings. The average Bonchev–Trinajstić information content (AvgIpc) is 3.50. The Labute approximate surface area is 162 Å². The van der Waals surface area contributed by atoms with E-state index in [2.05, 4.69) is 15.0 Å². The summed E-state index contributed by atoms with van der Waals surface area (Å²) in [5.74, 6) is 0.108. The molecular weight excluding hydrogens is 357 g/mol. The highest BCUT2D eigenvalue weighted by Crippen LogP contribution is 2.31. The minimum atomic E-state index is -0.490. The van der Waals surface area contributed by atoms with Gasteiger partial charge >= 0.3 is 0 Å². The molecule has 142 valence electrons. The molecule has 3 aromatic rings. The molecular formula is C22H20FN3O2. The van der Waals surface area contributed by atoms with E-state index in [1.165, 1.54) is 6.20 Å². The number of aryl methyl sites for hydroxylation is 1. The fourth-order valence-corrected chi connectivity index (χ4v) is 2.95. The Balaban J connectivity index is 1.52. The Morgan fingerprint density at radius 2 is 1.96 bits per heavy atom. The maximum Gasteiger partial charge on any atom is 0.170 e. The van der Waals surface area contributed by atoms with Crippen LogP contribution in [0.1, 0.15) is 40.0 Å². The lowest BCUT2D eigenvalue weighted by Crippen LogP contribution is -2.09. The van der Waals surface area contributed by atoms with Gasteiger partial charge in [-0.15, -0.1) is 0 Å². The number of rotatable bonds is 6. The van der Waals surface area contributed by atoms with Gasteiger partial charge in [-0.25, -0.2) is 4.39 Å². The summed E-state index contributed by atoms with van der Waals surface area (Å²) in [4.78, 5) is 25.1. The van der Waals surface area contributed by atoms with E-state index in [0.717, 1.165) is 41.6 Å². The molecule has 1 aromatic carbocycles. The number of carbonyl (C=O) groups excluding carboxylic acids is 1. The summed E-state index contributed by atoms with van der Waals surface area (Å²) >= 11 is 0. The third-order valence-electron chi connectivity index (χ3n) is 4.81. The number of benzene rings is 1. The Kier molecular flexibility index (Phi) is 4.86. The second-order valence-electron chi connectivity index (χ2n) is 7.08. The van der Waals surface area contributed by atoms with Gasteiger partial charge < -0.3 is 4.74 Å². The van der Waals surface area contributed by atoms with Crippen molar-refractivity contribution in [2.24, 2.45) is 0 Å². The highest BCUT2D eigenvalue weighted by molar-refractivity contribution is 5.98. The lowest BCUT2D eigenvalue weighted by Gasteiger charge is -2.10. The van der Waals surface area contributed by atoms with Crippen LogP contribution < -0.4 is 4.74 Å². The van der Waals surface area contributed by atoms with Crippen LogP contribution in [0.25, 0.3) is 11.3 Å². The maximum absolute atomic E-state index is 13.6. The second-order valence-corrected chi connectivity index (χ2v) is 7.08. The number of halogens is 1. The molecule has 1 aliphatic carbocycles. The van der Waals surface area contributed by atoms with Crippen LogP contribution in [0.15, 0.2) is 43.0 Å². The molecule has 0 N–H and O–H groups in total. The molecule has 0 unspecified atom stereocenters. The van der Waals surface area contributed by atoms with Crippen molar-refractivity contribution in [3.63, 3.8) is 0 Å². The molecule has 0 atom stereocenters. The lowest BCUT2D eigenvalue weighted by atomic mass is 10.0. The van der Waals surface area contributed by atoms with Crippen molar-refractivity contribution < 1.29 is 13.9 Å². The van der Waals surface area contributed by atoms with Crippen molar-refractivity contribution in [1.82, 2.24) is 15.0 Å².